The first-order valence-electron chi connectivity index (χ1n) is 6.14. The van der Waals surface area contributed by atoms with Crippen molar-refractivity contribution in [2.45, 2.75) is 26.7 Å². The number of nitrogens with one attached hydrogen (secondary N) is 1. The Hall–Kier alpha value is -1.32. The molecule has 1 heterocycles. The van der Waals surface area contributed by atoms with Gasteiger partial charge in [-0.15, -0.1) is 0 Å². The van der Waals surface area contributed by atoms with Crippen molar-refractivity contribution in [3.8, 4) is 0 Å². The fourth-order valence-electron chi connectivity index (χ4n) is 1.77. The van der Waals surface area contributed by atoms with Gasteiger partial charge >= 0.3 is 0 Å². The van der Waals surface area contributed by atoms with E-state index in [2.05, 4.69) is 34.0 Å². The molecule has 1 N–H and O–H groups in total. The number of aromatic nitrogens is 2. The van der Waals surface area contributed by atoms with Gasteiger partial charge in [0.25, 0.3) is 0 Å². The SMILES string of the molecule is CCNc1cncc(N(CC)CC2CC2)n1. The summed E-state index contributed by atoms with van der Waals surface area (Å²) < 4.78 is 0. The Morgan fingerprint density at radius 2 is 2.19 bits per heavy atom. The minimum atomic E-state index is 0.870. The Bertz CT molecular complexity index is 336. The summed E-state index contributed by atoms with van der Waals surface area (Å²) in [5.74, 6) is 2.74. The highest BCUT2D eigenvalue weighted by molar-refractivity contribution is 5.43. The van der Waals surface area contributed by atoms with Crippen LogP contribution in [0.3, 0.4) is 0 Å². The summed E-state index contributed by atoms with van der Waals surface area (Å²) in [6.07, 6.45) is 6.37. The lowest BCUT2D eigenvalue weighted by atomic mass is 10.3. The van der Waals surface area contributed by atoms with Crippen molar-refractivity contribution < 1.29 is 0 Å². The molecule has 2 rings (SSSR count). The highest BCUT2D eigenvalue weighted by atomic mass is 15.2. The van der Waals surface area contributed by atoms with Crippen molar-refractivity contribution in [2.24, 2.45) is 5.92 Å². The molecular weight excluding hydrogens is 200 g/mol. The van der Waals surface area contributed by atoms with Crippen LogP contribution in [0, 0.1) is 5.92 Å². The van der Waals surface area contributed by atoms with Gasteiger partial charge in [-0.25, -0.2) is 4.98 Å². The normalized spacial score (nSPS) is 14.9. The number of nitrogens with zero attached hydrogens (tertiary/aromatic N) is 3. The smallest absolute Gasteiger partial charge is 0.149 e. The summed E-state index contributed by atoms with van der Waals surface area (Å²) in [6.45, 7) is 7.24. The van der Waals surface area contributed by atoms with Crippen LogP contribution < -0.4 is 10.2 Å². The fourth-order valence-corrected chi connectivity index (χ4v) is 1.77. The van der Waals surface area contributed by atoms with Crippen LogP contribution in [-0.4, -0.2) is 29.6 Å². The quantitative estimate of drug-likeness (QED) is 0.797. The van der Waals surface area contributed by atoms with Crippen LogP contribution in [0.25, 0.3) is 0 Å². The molecule has 4 nitrogen and oxygen atoms in total. The summed E-state index contributed by atoms with van der Waals surface area (Å²) >= 11 is 0. The molecule has 1 aromatic heterocycles. The van der Waals surface area contributed by atoms with Gasteiger partial charge in [0.05, 0.1) is 12.4 Å². The summed E-state index contributed by atoms with van der Waals surface area (Å²) in [4.78, 5) is 11.1. The van der Waals surface area contributed by atoms with Crippen LogP contribution in [0.5, 0.6) is 0 Å². The summed E-state index contributed by atoms with van der Waals surface area (Å²) in [6, 6.07) is 0. The molecule has 1 aliphatic rings. The predicted octanol–water partition coefficient (Wildman–Crippen LogP) is 2.14. The third kappa shape index (κ3) is 2.84. The molecule has 88 valence electrons. The van der Waals surface area contributed by atoms with Crippen LogP contribution in [0.2, 0.25) is 0 Å². The zero-order valence-corrected chi connectivity index (χ0v) is 10.1. The maximum atomic E-state index is 4.57. The Kier molecular flexibility index (Phi) is 3.59. The minimum absolute atomic E-state index is 0.870. The van der Waals surface area contributed by atoms with Crippen molar-refractivity contribution in [3.05, 3.63) is 12.4 Å². The van der Waals surface area contributed by atoms with Crippen molar-refractivity contribution in [1.82, 2.24) is 9.97 Å². The molecule has 0 atom stereocenters. The first-order chi connectivity index (χ1) is 7.83. The van der Waals surface area contributed by atoms with E-state index in [1.807, 2.05) is 6.20 Å². The molecule has 0 aromatic carbocycles. The molecule has 0 amide bonds. The van der Waals surface area contributed by atoms with Crippen LogP contribution in [0.4, 0.5) is 11.6 Å². The van der Waals surface area contributed by atoms with Gasteiger partial charge < -0.3 is 10.2 Å². The first kappa shape index (κ1) is 11.2. The third-order valence-corrected chi connectivity index (χ3v) is 2.86. The molecule has 0 spiro atoms. The number of rotatable bonds is 6. The van der Waals surface area contributed by atoms with Crippen LogP contribution in [-0.2, 0) is 0 Å². The standard InChI is InChI=1S/C12H20N4/c1-3-14-11-7-13-8-12(15-11)16(4-2)9-10-5-6-10/h7-8,10H,3-6,9H2,1-2H3,(H,14,15). The molecule has 0 saturated heterocycles. The largest absolute Gasteiger partial charge is 0.369 e. The number of hydrogen-bond acceptors (Lipinski definition) is 4. The van der Waals surface area contributed by atoms with Gasteiger partial charge in [-0.3, -0.25) is 4.98 Å². The van der Waals surface area contributed by atoms with E-state index in [0.29, 0.717) is 0 Å². The highest BCUT2D eigenvalue weighted by Gasteiger charge is 2.24. The summed E-state index contributed by atoms with van der Waals surface area (Å²) in [5, 5.41) is 3.20. The third-order valence-electron chi connectivity index (χ3n) is 2.86. The lowest BCUT2D eigenvalue weighted by Crippen LogP contribution is -2.26. The Balaban J connectivity index is 2.06. The summed E-state index contributed by atoms with van der Waals surface area (Å²) in [7, 11) is 0. The molecule has 0 aliphatic heterocycles. The van der Waals surface area contributed by atoms with E-state index in [1.54, 1.807) is 6.20 Å². The van der Waals surface area contributed by atoms with Crippen molar-refractivity contribution in [2.75, 3.05) is 29.9 Å². The van der Waals surface area contributed by atoms with E-state index in [4.69, 9.17) is 0 Å². The Morgan fingerprint density at radius 1 is 1.38 bits per heavy atom. The maximum Gasteiger partial charge on any atom is 0.149 e. The molecule has 1 fully saturated rings. The minimum Gasteiger partial charge on any atom is -0.369 e. The molecule has 0 radical (unpaired) electrons. The van der Waals surface area contributed by atoms with Gasteiger partial charge in [-0.1, -0.05) is 0 Å². The fraction of sp³-hybridized carbons (Fsp3) is 0.667. The lowest BCUT2D eigenvalue weighted by molar-refractivity contribution is 0.730. The van der Waals surface area contributed by atoms with Gasteiger partial charge in [0, 0.05) is 19.6 Å². The number of anilines is 2. The molecule has 4 heteroatoms. The summed E-state index contributed by atoms with van der Waals surface area (Å²) in [5.41, 5.74) is 0. The van der Waals surface area contributed by atoms with E-state index in [9.17, 15) is 0 Å². The average Bonchev–Trinajstić information content (AvgIpc) is 3.10. The average molecular weight is 220 g/mol. The molecule has 0 unspecified atom stereocenters. The topological polar surface area (TPSA) is 41.1 Å². The second kappa shape index (κ2) is 5.14. The van der Waals surface area contributed by atoms with Crippen LogP contribution in [0.15, 0.2) is 12.4 Å². The number of hydrogen-bond donors (Lipinski definition) is 1. The van der Waals surface area contributed by atoms with Gasteiger partial charge in [-0.2, -0.15) is 0 Å². The van der Waals surface area contributed by atoms with E-state index < -0.39 is 0 Å². The molecule has 1 aromatic rings. The second-order valence-corrected chi connectivity index (χ2v) is 4.27. The first-order valence-corrected chi connectivity index (χ1v) is 6.14. The molecule has 1 aliphatic carbocycles. The Morgan fingerprint density at radius 3 is 2.81 bits per heavy atom. The Labute approximate surface area is 97.1 Å². The zero-order chi connectivity index (χ0) is 11.4. The van der Waals surface area contributed by atoms with Gasteiger partial charge in [0.1, 0.15) is 11.6 Å². The van der Waals surface area contributed by atoms with E-state index in [-0.39, 0.29) is 0 Å². The molecule has 16 heavy (non-hydrogen) atoms. The van der Waals surface area contributed by atoms with Crippen LogP contribution in [0.1, 0.15) is 26.7 Å². The second-order valence-electron chi connectivity index (χ2n) is 4.27. The van der Waals surface area contributed by atoms with E-state index in [0.717, 1.165) is 37.2 Å². The van der Waals surface area contributed by atoms with Gasteiger partial charge in [0.2, 0.25) is 0 Å². The van der Waals surface area contributed by atoms with Crippen LogP contribution >= 0.6 is 0 Å². The predicted molar refractivity (Wildman–Crippen MR) is 66.8 cm³/mol. The lowest BCUT2D eigenvalue weighted by Gasteiger charge is -2.21. The maximum absolute atomic E-state index is 4.57. The monoisotopic (exact) mass is 220 g/mol. The zero-order valence-electron chi connectivity index (χ0n) is 10.1. The molecule has 0 bridgehead atoms. The van der Waals surface area contributed by atoms with E-state index >= 15 is 0 Å². The van der Waals surface area contributed by atoms with Crippen molar-refractivity contribution >= 4 is 11.6 Å². The van der Waals surface area contributed by atoms with Crippen molar-refractivity contribution in [3.63, 3.8) is 0 Å². The van der Waals surface area contributed by atoms with Gasteiger partial charge in [-0.05, 0) is 32.6 Å². The molecule has 1 saturated carbocycles. The van der Waals surface area contributed by atoms with Crippen molar-refractivity contribution in [1.29, 1.82) is 0 Å². The molecular formula is C12H20N4. The van der Waals surface area contributed by atoms with Gasteiger partial charge in [0.15, 0.2) is 0 Å². The highest BCUT2D eigenvalue weighted by Crippen LogP contribution is 2.30. The van der Waals surface area contributed by atoms with E-state index in [1.165, 1.54) is 12.8 Å².